The Morgan fingerprint density at radius 3 is 2.84 bits per heavy atom. The first kappa shape index (κ1) is 16.0. The molecule has 0 aliphatic heterocycles. The Balaban J connectivity index is 1.51. The molecule has 2 heterocycles. The molecule has 5 unspecified atom stereocenters. The van der Waals surface area contributed by atoms with Gasteiger partial charge in [-0.15, -0.1) is 11.3 Å². The first-order valence-electron chi connectivity index (χ1n) is 9.86. The first-order chi connectivity index (χ1) is 12.3. The van der Waals surface area contributed by atoms with Gasteiger partial charge in [-0.1, -0.05) is 19.3 Å². The number of hydrogen-bond acceptors (Lipinski definition) is 4. The summed E-state index contributed by atoms with van der Waals surface area (Å²) in [7, 11) is 0. The molecule has 5 heteroatoms. The van der Waals surface area contributed by atoms with E-state index in [1.807, 2.05) is 12.5 Å². The minimum atomic E-state index is -0.545. The minimum absolute atomic E-state index is 0.0135. The van der Waals surface area contributed by atoms with Crippen molar-refractivity contribution in [3.8, 4) is 0 Å². The molecule has 0 radical (unpaired) electrons. The van der Waals surface area contributed by atoms with E-state index in [0.717, 1.165) is 23.4 Å². The first-order valence-corrected chi connectivity index (χ1v) is 10.7. The smallest absolute Gasteiger partial charge is 0.123 e. The van der Waals surface area contributed by atoms with Gasteiger partial charge in [-0.25, -0.2) is 4.98 Å². The SMILES string of the molecule is O=CC1C2CCCCC2CCC1C(O)c1c(C2CC2)sc2cncn12. The van der Waals surface area contributed by atoms with Crippen molar-refractivity contribution in [1.29, 1.82) is 0 Å². The largest absolute Gasteiger partial charge is 0.387 e. The fourth-order valence-electron chi connectivity index (χ4n) is 5.54. The van der Waals surface area contributed by atoms with E-state index in [0.29, 0.717) is 17.8 Å². The highest BCUT2D eigenvalue weighted by Gasteiger charge is 2.45. The maximum Gasteiger partial charge on any atom is 0.123 e. The Morgan fingerprint density at radius 1 is 1.20 bits per heavy atom. The van der Waals surface area contributed by atoms with E-state index in [4.69, 9.17) is 0 Å². The third-order valence-corrected chi connectivity index (χ3v) is 8.22. The van der Waals surface area contributed by atoms with Crippen LogP contribution in [-0.4, -0.2) is 20.8 Å². The average Bonchev–Trinajstić information content (AvgIpc) is 3.28. The van der Waals surface area contributed by atoms with Gasteiger partial charge in [-0.3, -0.25) is 4.40 Å². The number of aldehydes is 1. The van der Waals surface area contributed by atoms with E-state index in [9.17, 15) is 9.90 Å². The summed E-state index contributed by atoms with van der Waals surface area (Å²) >= 11 is 1.78. The Bertz CT molecular complexity index is 778. The van der Waals surface area contributed by atoms with Crippen LogP contribution in [-0.2, 0) is 4.79 Å². The van der Waals surface area contributed by atoms with Crippen LogP contribution >= 0.6 is 11.3 Å². The molecule has 0 spiro atoms. The van der Waals surface area contributed by atoms with E-state index in [-0.39, 0.29) is 11.8 Å². The highest BCUT2D eigenvalue weighted by atomic mass is 32.1. The van der Waals surface area contributed by atoms with E-state index in [1.165, 1.54) is 49.7 Å². The number of thiazole rings is 1. The number of fused-ring (bicyclic) bond motifs is 2. The maximum absolute atomic E-state index is 12.0. The number of aliphatic hydroxyl groups excluding tert-OH is 1. The Kier molecular flexibility index (Phi) is 3.97. The lowest BCUT2D eigenvalue weighted by Crippen LogP contribution is -2.40. The molecule has 2 aromatic heterocycles. The molecule has 1 N–H and O–H groups in total. The van der Waals surface area contributed by atoms with Crippen LogP contribution in [0.4, 0.5) is 0 Å². The lowest BCUT2D eigenvalue weighted by Gasteiger charge is -2.45. The number of hydrogen-bond donors (Lipinski definition) is 1. The third kappa shape index (κ3) is 2.58. The van der Waals surface area contributed by atoms with Gasteiger partial charge in [-0.2, -0.15) is 0 Å². The van der Waals surface area contributed by atoms with Crippen molar-refractivity contribution in [2.45, 2.75) is 63.4 Å². The molecule has 3 aliphatic carbocycles. The van der Waals surface area contributed by atoms with Crippen LogP contribution in [0.2, 0.25) is 0 Å². The monoisotopic (exact) mass is 358 g/mol. The Morgan fingerprint density at radius 2 is 2.04 bits per heavy atom. The predicted molar refractivity (Wildman–Crippen MR) is 97.7 cm³/mol. The van der Waals surface area contributed by atoms with E-state index in [1.54, 1.807) is 11.3 Å². The highest BCUT2D eigenvalue weighted by molar-refractivity contribution is 7.17. The number of imidazole rings is 1. The van der Waals surface area contributed by atoms with Crippen LogP contribution in [0.5, 0.6) is 0 Å². The fraction of sp³-hybridized carbons (Fsp3) is 0.700. The van der Waals surface area contributed by atoms with Gasteiger partial charge in [0.25, 0.3) is 0 Å². The summed E-state index contributed by atoms with van der Waals surface area (Å²) < 4.78 is 2.08. The van der Waals surface area contributed by atoms with Gasteiger partial charge < -0.3 is 9.90 Å². The molecule has 25 heavy (non-hydrogen) atoms. The predicted octanol–water partition coefficient (Wildman–Crippen LogP) is 4.34. The molecule has 0 bridgehead atoms. The molecule has 0 aromatic carbocycles. The number of aliphatic hydroxyl groups is 1. The van der Waals surface area contributed by atoms with Crippen molar-refractivity contribution >= 4 is 22.5 Å². The summed E-state index contributed by atoms with van der Waals surface area (Å²) in [6, 6.07) is 0. The normalized spacial score (nSPS) is 34.0. The van der Waals surface area contributed by atoms with Crippen molar-refractivity contribution < 1.29 is 9.90 Å². The zero-order valence-electron chi connectivity index (χ0n) is 14.5. The molecule has 3 saturated carbocycles. The van der Waals surface area contributed by atoms with Crippen LogP contribution in [0, 0.1) is 23.7 Å². The van der Waals surface area contributed by atoms with Crippen molar-refractivity contribution in [3.63, 3.8) is 0 Å². The van der Waals surface area contributed by atoms with E-state index >= 15 is 0 Å². The topological polar surface area (TPSA) is 54.6 Å². The average molecular weight is 359 g/mol. The van der Waals surface area contributed by atoms with Gasteiger partial charge in [0.1, 0.15) is 17.4 Å². The molecule has 0 amide bonds. The molecular weight excluding hydrogens is 332 g/mol. The lowest BCUT2D eigenvalue weighted by molar-refractivity contribution is -0.121. The van der Waals surface area contributed by atoms with Crippen molar-refractivity contribution in [3.05, 3.63) is 23.1 Å². The van der Waals surface area contributed by atoms with Gasteiger partial charge in [-0.05, 0) is 49.9 Å². The summed E-state index contributed by atoms with van der Waals surface area (Å²) in [5.41, 5.74) is 1.03. The van der Waals surface area contributed by atoms with Crippen molar-refractivity contribution in [2.24, 2.45) is 23.7 Å². The molecule has 2 aromatic rings. The second-order valence-corrected chi connectivity index (χ2v) is 9.40. The summed E-state index contributed by atoms with van der Waals surface area (Å²) in [5.74, 6) is 1.87. The van der Waals surface area contributed by atoms with Crippen molar-refractivity contribution in [1.82, 2.24) is 9.38 Å². The highest BCUT2D eigenvalue weighted by Crippen LogP contribution is 2.52. The molecule has 3 aliphatic rings. The van der Waals surface area contributed by atoms with Gasteiger partial charge >= 0.3 is 0 Å². The van der Waals surface area contributed by atoms with Crippen LogP contribution in [0.3, 0.4) is 0 Å². The third-order valence-electron chi connectivity index (χ3n) is 6.95. The number of aromatic nitrogens is 2. The number of rotatable bonds is 4. The zero-order valence-corrected chi connectivity index (χ0v) is 15.3. The quantitative estimate of drug-likeness (QED) is 0.827. The van der Waals surface area contributed by atoms with E-state index < -0.39 is 6.10 Å². The number of carbonyl (C=O) groups is 1. The molecule has 5 atom stereocenters. The lowest BCUT2D eigenvalue weighted by atomic mass is 9.60. The standard InChI is InChI=1S/C20H26N2O2S/c23-10-16-14-4-2-1-3-12(14)7-8-15(16)19(24)18-20(13-5-6-13)25-17-9-21-11-22(17)18/h9-16,19,24H,1-8H2. The molecule has 5 rings (SSSR count). The van der Waals surface area contributed by atoms with Gasteiger partial charge in [0.05, 0.1) is 18.0 Å². The summed E-state index contributed by atoms with van der Waals surface area (Å²) in [5, 5.41) is 11.4. The van der Waals surface area contributed by atoms with Crippen LogP contribution in [0.25, 0.3) is 4.83 Å². The number of nitrogens with zero attached hydrogens (tertiary/aromatic N) is 2. The van der Waals surface area contributed by atoms with Crippen LogP contribution in [0.15, 0.2) is 12.5 Å². The zero-order chi connectivity index (χ0) is 17.0. The Labute approximate surface area is 152 Å². The summed E-state index contributed by atoms with van der Waals surface area (Å²) in [6.07, 6.45) is 13.9. The summed E-state index contributed by atoms with van der Waals surface area (Å²) in [6.45, 7) is 0. The van der Waals surface area contributed by atoms with E-state index in [2.05, 4.69) is 9.38 Å². The maximum atomic E-state index is 12.0. The Hall–Kier alpha value is -1.20. The molecule has 0 saturated heterocycles. The second-order valence-electron chi connectivity index (χ2n) is 8.34. The van der Waals surface area contributed by atoms with Crippen molar-refractivity contribution in [2.75, 3.05) is 0 Å². The van der Waals surface area contributed by atoms with Gasteiger partial charge in [0, 0.05) is 16.7 Å². The molecular formula is C20H26N2O2S. The minimum Gasteiger partial charge on any atom is -0.387 e. The van der Waals surface area contributed by atoms with Gasteiger partial charge in [0.2, 0.25) is 0 Å². The fourth-order valence-corrected chi connectivity index (χ4v) is 6.85. The molecule has 4 nitrogen and oxygen atoms in total. The molecule has 3 fully saturated rings. The number of carbonyl (C=O) groups excluding carboxylic acids is 1. The molecule has 134 valence electrons. The van der Waals surface area contributed by atoms with Crippen LogP contribution < -0.4 is 0 Å². The second kappa shape index (κ2) is 6.20. The van der Waals surface area contributed by atoms with Crippen LogP contribution in [0.1, 0.15) is 74.0 Å². The van der Waals surface area contributed by atoms with Gasteiger partial charge in [0.15, 0.2) is 0 Å². The summed E-state index contributed by atoms with van der Waals surface area (Å²) in [4.78, 5) is 18.7.